The van der Waals surface area contributed by atoms with Gasteiger partial charge in [-0.15, -0.1) is 0 Å². The Bertz CT molecular complexity index is 768. The fourth-order valence-corrected chi connectivity index (χ4v) is 3.00. The van der Waals surface area contributed by atoms with Crippen molar-refractivity contribution < 1.29 is 9.90 Å². The van der Waals surface area contributed by atoms with Gasteiger partial charge in [-0.3, -0.25) is 10.1 Å². The Kier molecular flexibility index (Phi) is 3.42. The minimum Gasteiger partial charge on any atom is -0.507 e. The van der Waals surface area contributed by atoms with Crippen molar-refractivity contribution in [2.75, 3.05) is 5.32 Å². The first-order valence-electron chi connectivity index (χ1n) is 5.79. The number of aromatic hydroxyl groups is 1. The third-order valence-corrected chi connectivity index (χ3v) is 4.16. The van der Waals surface area contributed by atoms with E-state index in [-0.39, 0.29) is 17.2 Å². The number of hydrogen-bond acceptors (Lipinski definition) is 4. The zero-order chi connectivity index (χ0) is 14.1. The number of thiazole rings is 1. The SMILES string of the molecule is O=C(Nc1nc2ccccc2s1)c1cc(Br)ccc1O. The lowest BCUT2D eigenvalue weighted by molar-refractivity contribution is 0.102. The predicted octanol–water partition coefficient (Wildman–Crippen LogP) is 4.02. The van der Waals surface area contributed by atoms with Crippen LogP contribution < -0.4 is 5.32 Å². The molecular weight excluding hydrogens is 340 g/mol. The second-order valence-corrected chi connectivity index (χ2v) is 6.05. The number of halogens is 1. The van der Waals surface area contributed by atoms with Crippen LogP contribution in [0, 0.1) is 0 Å². The number of para-hydroxylation sites is 1. The highest BCUT2D eigenvalue weighted by Crippen LogP contribution is 2.27. The molecule has 0 aliphatic carbocycles. The van der Waals surface area contributed by atoms with Crippen LogP contribution in [0.25, 0.3) is 10.2 Å². The van der Waals surface area contributed by atoms with E-state index >= 15 is 0 Å². The normalized spacial score (nSPS) is 10.7. The average molecular weight is 349 g/mol. The average Bonchev–Trinajstić information content (AvgIpc) is 2.83. The van der Waals surface area contributed by atoms with Gasteiger partial charge in [0.1, 0.15) is 5.75 Å². The molecule has 0 spiro atoms. The number of carbonyl (C=O) groups is 1. The molecule has 20 heavy (non-hydrogen) atoms. The molecule has 3 aromatic rings. The van der Waals surface area contributed by atoms with Gasteiger partial charge in [0.2, 0.25) is 0 Å². The molecule has 0 saturated carbocycles. The zero-order valence-corrected chi connectivity index (χ0v) is 12.5. The molecule has 0 radical (unpaired) electrons. The molecule has 0 aliphatic rings. The van der Waals surface area contributed by atoms with Crippen LogP contribution in [0.15, 0.2) is 46.9 Å². The minimum atomic E-state index is -0.386. The number of amides is 1. The maximum atomic E-state index is 12.1. The van der Waals surface area contributed by atoms with Crippen molar-refractivity contribution >= 4 is 48.5 Å². The Labute approximate surface area is 127 Å². The standard InChI is InChI=1S/C14H9BrN2O2S/c15-8-5-6-11(18)9(7-8)13(19)17-14-16-10-3-1-2-4-12(10)20-14/h1-7,18H,(H,16,17,19). The fraction of sp³-hybridized carbons (Fsp3) is 0. The summed E-state index contributed by atoms with van der Waals surface area (Å²) in [6.45, 7) is 0. The summed E-state index contributed by atoms with van der Waals surface area (Å²) in [7, 11) is 0. The first-order chi connectivity index (χ1) is 9.63. The summed E-state index contributed by atoms with van der Waals surface area (Å²) >= 11 is 4.67. The van der Waals surface area contributed by atoms with Crippen molar-refractivity contribution in [2.45, 2.75) is 0 Å². The lowest BCUT2D eigenvalue weighted by Gasteiger charge is -2.04. The number of hydrogen-bond donors (Lipinski definition) is 2. The van der Waals surface area contributed by atoms with E-state index in [1.165, 1.54) is 17.4 Å². The van der Waals surface area contributed by atoms with Gasteiger partial charge >= 0.3 is 0 Å². The Morgan fingerprint density at radius 3 is 2.85 bits per heavy atom. The Balaban J connectivity index is 1.90. The van der Waals surface area contributed by atoms with Gasteiger partial charge < -0.3 is 5.11 Å². The van der Waals surface area contributed by atoms with Crippen molar-refractivity contribution in [1.29, 1.82) is 0 Å². The van der Waals surface area contributed by atoms with Crippen LogP contribution in [-0.2, 0) is 0 Å². The van der Waals surface area contributed by atoms with Crippen LogP contribution in [-0.4, -0.2) is 16.0 Å². The lowest BCUT2D eigenvalue weighted by Crippen LogP contribution is -2.11. The molecule has 0 fully saturated rings. The highest BCUT2D eigenvalue weighted by atomic mass is 79.9. The number of carbonyl (C=O) groups excluding carboxylic acids is 1. The number of benzene rings is 2. The van der Waals surface area contributed by atoms with Gasteiger partial charge in [0.15, 0.2) is 5.13 Å². The molecule has 2 aromatic carbocycles. The van der Waals surface area contributed by atoms with Crippen molar-refractivity contribution in [3.63, 3.8) is 0 Å². The summed E-state index contributed by atoms with van der Waals surface area (Å²) in [5.74, 6) is -0.449. The third kappa shape index (κ3) is 2.52. The van der Waals surface area contributed by atoms with E-state index in [1.54, 1.807) is 12.1 Å². The molecule has 1 aromatic heterocycles. The van der Waals surface area contributed by atoms with Gasteiger partial charge in [-0.25, -0.2) is 4.98 Å². The molecule has 0 bridgehead atoms. The molecule has 0 unspecified atom stereocenters. The number of aromatic nitrogens is 1. The summed E-state index contributed by atoms with van der Waals surface area (Å²) < 4.78 is 1.73. The molecule has 0 aliphatic heterocycles. The van der Waals surface area contributed by atoms with Gasteiger partial charge in [-0.05, 0) is 30.3 Å². The van der Waals surface area contributed by atoms with Gasteiger partial charge in [0, 0.05) is 4.47 Å². The van der Waals surface area contributed by atoms with Crippen LogP contribution in [0.2, 0.25) is 0 Å². The summed E-state index contributed by atoms with van der Waals surface area (Å²) in [5.41, 5.74) is 1.05. The summed E-state index contributed by atoms with van der Waals surface area (Å²) in [6.07, 6.45) is 0. The van der Waals surface area contributed by atoms with E-state index < -0.39 is 0 Å². The quantitative estimate of drug-likeness (QED) is 0.735. The van der Waals surface area contributed by atoms with Crippen molar-refractivity contribution in [3.05, 3.63) is 52.5 Å². The van der Waals surface area contributed by atoms with E-state index in [4.69, 9.17) is 0 Å². The molecular formula is C14H9BrN2O2S. The smallest absolute Gasteiger partial charge is 0.261 e. The zero-order valence-electron chi connectivity index (χ0n) is 10.1. The monoisotopic (exact) mass is 348 g/mol. The third-order valence-electron chi connectivity index (χ3n) is 2.72. The number of phenols is 1. The number of fused-ring (bicyclic) bond motifs is 1. The Hall–Kier alpha value is -1.92. The second-order valence-electron chi connectivity index (χ2n) is 4.10. The maximum absolute atomic E-state index is 12.1. The van der Waals surface area contributed by atoms with Crippen LogP contribution in [0.5, 0.6) is 5.75 Å². The molecule has 0 atom stereocenters. The van der Waals surface area contributed by atoms with Crippen LogP contribution >= 0.6 is 27.3 Å². The molecule has 4 nitrogen and oxygen atoms in total. The van der Waals surface area contributed by atoms with Gasteiger partial charge in [0.05, 0.1) is 15.8 Å². The largest absolute Gasteiger partial charge is 0.507 e. The molecule has 2 N–H and O–H groups in total. The second kappa shape index (κ2) is 5.22. The summed E-state index contributed by atoms with van der Waals surface area (Å²) in [4.78, 5) is 16.5. The Morgan fingerprint density at radius 1 is 1.25 bits per heavy atom. The first kappa shape index (κ1) is 13.1. The van der Waals surface area contributed by atoms with Crippen molar-refractivity contribution in [1.82, 2.24) is 4.98 Å². The van der Waals surface area contributed by atoms with Crippen molar-refractivity contribution in [2.24, 2.45) is 0 Å². The van der Waals surface area contributed by atoms with Gasteiger partial charge in [-0.2, -0.15) is 0 Å². The minimum absolute atomic E-state index is 0.0631. The Morgan fingerprint density at radius 2 is 2.05 bits per heavy atom. The number of nitrogens with zero attached hydrogens (tertiary/aromatic N) is 1. The van der Waals surface area contributed by atoms with E-state index in [9.17, 15) is 9.90 Å². The molecule has 100 valence electrons. The van der Waals surface area contributed by atoms with E-state index in [1.807, 2.05) is 24.3 Å². The van der Waals surface area contributed by atoms with E-state index in [2.05, 4.69) is 26.2 Å². The van der Waals surface area contributed by atoms with Crippen LogP contribution in [0.4, 0.5) is 5.13 Å². The van der Waals surface area contributed by atoms with Crippen LogP contribution in [0.1, 0.15) is 10.4 Å². The first-order valence-corrected chi connectivity index (χ1v) is 7.40. The summed E-state index contributed by atoms with van der Waals surface area (Å²) in [6, 6.07) is 12.4. The molecule has 0 saturated heterocycles. The highest BCUT2D eigenvalue weighted by Gasteiger charge is 2.13. The number of rotatable bonds is 2. The summed E-state index contributed by atoms with van der Waals surface area (Å²) in [5, 5.41) is 12.9. The lowest BCUT2D eigenvalue weighted by atomic mass is 10.2. The topological polar surface area (TPSA) is 62.2 Å². The molecule has 6 heteroatoms. The fourth-order valence-electron chi connectivity index (χ4n) is 1.78. The van der Waals surface area contributed by atoms with Crippen molar-refractivity contribution in [3.8, 4) is 5.75 Å². The predicted molar refractivity (Wildman–Crippen MR) is 83.4 cm³/mol. The number of anilines is 1. The molecule has 3 rings (SSSR count). The maximum Gasteiger partial charge on any atom is 0.261 e. The molecule has 1 amide bonds. The number of phenolic OH excluding ortho intramolecular Hbond substituents is 1. The molecule has 1 heterocycles. The van der Waals surface area contributed by atoms with Gasteiger partial charge in [0.25, 0.3) is 5.91 Å². The number of nitrogens with one attached hydrogen (secondary N) is 1. The van der Waals surface area contributed by atoms with E-state index in [0.717, 1.165) is 14.7 Å². The van der Waals surface area contributed by atoms with Crippen LogP contribution in [0.3, 0.4) is 0 Å². The van der Waals surface area contributed by atoms with E-state index in [0.29, 0.717) is 5.13 Å². The van der Waals surface area contributed by atoms with Gasteiger partial charge in [-0.1, -0.05) is 39.4 Å². The highest BCUT2D eigenvalue weighted by molar-refractivity contribution is 9.10.